The molecule has 0 N–H and O–H groups in total. The lowest BCUT2D eigenvalue weighted by Gasteiger charge is -2.17. The van der Waals surface area contributed by atoms with Crippen LogP contribution >= 0.6 is 0 Å². The fourth-order valence-electron chi connectivity index (χ4n) is 2.50. The summed E-state index contributed by atoms with van der Waals surface area (Å²) in [5, 5.41) is 10.6. The van der Waals surface area contributed by atoms with Gasteiger partial charge < -0.3 is 4.74 Å². The first-order valence-electron chi connectivity index (χ1n) is 8.53. The van der Waals surface area contributed by atoms with Crippen molar-refractivity contribution in [3.05, 3.63) is 39.9 Å². The number of nitro groups is 1. The molecule has 0 heterocycles. The van der Waals surface area contributed by atoms with Gasteiger partial charge in [0.1, 0.15) is 6.10 Å². The lowest BCUT2D eigenvalue weighted by molar-refractivity contribution is -0.384. The van der Waals surface area contributed by atoms with Crippen molar-refractivity contribution in [2.24, 2.45) is 0 Å². The predicted molar refractivity (Wildman–Crippen MR) is 90.6 cm³/mol. The van der Waals surface area contributed by atoms with Crippen molar-refractivity contribution >= 4 is 11.7 Å². The molecule has 0 unspecified atom stereocenters. The second kappa shape index (κ2) is 10.8. The number of hydrogen-bond donors (Lipinski definition) is 0. The minimum atomic E-state index is -0.481. The summed E-state index contributed by atoms with van der Waals surface area (Å²) in [5.74, 6) is -0.396. The van der Waals surface area contributed by atoms with Crippen LogP contribution < -0.4 is 0 Å². The van der Waals surface area contributed by atoms with E-state index in [1.165, 1.54) is 49.9 Å². The van der Waals surface area contributed by atoms with E-state index in [9.17, 15) is 14.9 Å². The molecule has 1 aromatic rings. The highest BCUT2D eigenvalue weighted by molar-refractivity contribution is 5.89. The van der Waals surface area contributed by atoms with E-state index in [1.54, 1.807) is 0 Å². The second-order valence-electron chi connectivity index (χ2n) is 5.82. The Kier molecular flexibility index (Phi) is 8.95. The number of nitrogens with zero attached hydrogens (tertiary/aromatic N) is 1. The Morgan fingerprint density at radius 1 is 1.04 bits per heavy atom. The molecule has 0 fully saturated rings. The minimum absolute atomic E-state index is 0.0254. The summed E-state index contributed by atoms with van der Waals surface area (Å²) in [5.41, 5.74) is 0.338. The molecule has 5 nitrogen and oxygen atoms in total. The smallest absolute Gasteiger partial charge is 0.338 e. The fraction of sp³-hybridized carbons (Fsp3) is 0.611. The van der Waals surface area contributed by atoms with E-state index in [0.717, 1.165) is 25.7 Å². The molecule has 0 radical (unpaired) electrons. The number of benzene rings is 1. The highest BCUT2D eigenvalue weighted by Gasteiger charge is 2.16. The van der Waals surface area contributed by atoms with Gasteiger partial charge in [-0.3, -0.25) is 10.1 Å². The molecule has 1 rings (SSSR count). The molecule has 0 amide bonds. The Labute approximate surface area is 138 Å². The number of carbonyl (C=O) groups excluding carboxylic acids is 1. The quantitative estimate of drug-likeness (QED) is 0.240. The highest BCUT2D eigenvalue weighted by atomic mass is 16.6. The number of non-ortho nitro benzene ring substituents is 1. The van der Waals surface area contributed by atoms with Crippen molar-refractivity contribution in [1.82, 2.24) is 0 Å². The van der Waals surface area contributed by atoms with Crippen LogP contribution in [0.5, 0.6) is 0 Å². The largest absolute Gasteiger partial charge is 0.459 e. The molecule has 0 aromatic heterocycles. The molecule has 0 aliphatic carbocycles. The van der Waals surface area contributed by atoms with Crippen LogP contribution in [0.2, 0.25) is 0 Å². The summed E-state index contributed by atoms with van der Waals surface area (Å²) in [6, 6.07) is 5.56. The van der Waals surface area contributed by atoms with E-state index in [0.29, 0.717) is 5.56 Å². The Morgan fingerprint density at radius 2 is 1.70 bits per heavy atom. The normalized spacial score (nSPS) is 11.9. The molecule has 128 valence electrons. The maximum Gasteiger partial charge on any atom is 0.338 e. The van der Waals surface area contributed by atoms with Crippen LogP contribution in [0.3, 0.4) is 0 Å². The molecule has 1 atom stereocenters. The summed E-state index contributed by atoms with van der Waals surface area (Å²) in [4.78, 5) is 22.3. The summed E-state index contributed by atoms with van der Waals surface area (Å²) in [6.07, 6.45) is 8.57. The van der Waals surface area contributed by atoms with E-state index in [1.807, 2.05) is 0 Å². The lowest BCUT2D eigenvalue weighted by atomic mass is 10.0. The fourth-order valence-corrected chi connectivity index (χ4v) is 2.50. The zero-order valence-electron chi connectivity index (χ0n) is 14.1. The average molecular weight is 321 g/mol. The molecule has 1 aromatic carbocycles. The van der Waals surface area contributed by atoms with Gasteiger partial charge >= 0.3 is 5.97 Å². The Bertz CT molecular complexity index is 484. The number of nitro benzene ring substituents is 1. The van der Waals surface area contributed by atoms with Crippen molar-refractivity contribution < 1.29 is 14.5 Å². The SMILES string of the molecule is CCCCCCC[C@@H](CCC)OC(=O)c1ccc([N+](=O)[O-])cc1. The van der Waals surface area contributed by atoms with Gasteiger partial charge in [-0.2, -0.15) is 0 Å². The number of ether oxygens (including phenoxy) is 1. The Morgan fingerprint density at radius 3 is 2.26 bits per heavy atom. The number of carbonyl (C=O) groups is 1. The summed E-state index contributed by atoms with van der Waals surface area (Å²) in [6.45, 7) is 4.26. The Balaban J connectivity index is 2.50. The van der Waals surface area contributed by atoms with Crippen molar-refractivity contribution in [1.29, 1.82) is 0 Å². The first-order chi connectivity index (χ1) is 11.1. The van der Waals surface area contributed by atoms with Crippen LogP contribution in [0, 0.1) is 10.1 Å². The third-order valence-electron chi connectivity index (χ3n) is 3.83. The Hall–Kier alpha value is -1.91. The van der Waals surface area contributed by atoms with Crippen LogP contribution in [0.4, 0.5) is 5.69 Å². The van der Waals surface area contributed by atoms with Gasteiger partial charge in [-0.25, -0.2) is 4.79 Å². The van der Waals surface area contributed by atoms with Gasteiger partial charge in [0, 0.05) is 12.1 Å². The average Bonchev–Trinajstić information content (AvgIpc) is 2.54. The van der Waals surface area contributed by atoms with E-state index < -0.39 is 10.9 Å². The third-order valence-corrected chi connectivity index (χ3v) is 3.83. The number of rotatable bonds is 11. The predicted octanol–water partition coefficient (Wildman–Crippen LogP) is 5.28. The molecule has 0 aliphatic heterocycles. The van der Waals surface area contributed by atoms with Crippen LogP contribution in [-0.2, 0) is 4.74 Å². The van der Waals surface area contributed by atoms with Crippen LogP contribution in [-0.4, -0.2) is 17.0 Å². The molecule has 0 saturated carbocycles. The number of unbranched alkanes of at least 4 members (excludes halogenated alkanes) is 4. The van der Waals surface area contributed by atoms with Crippen LogP contribution in [0.25, 0.3) is 0 Å². The minimum Gasteiger partial charge on any atom is -0.459 e. The maximum absolute atomic E-state index is 12.2. The first-order valence-corrected chi connectivity index (χ1v) is 8.53. The topological polar surface area (TPSA) is 69.4 Å². The standard InChI is InChI=1S/C18H27NO4/c1-3-5-6-7-8-10-17(9-4-2)23-18(20)15-11-13-16(14-12-15)19(21)22/h11-14,17H,3-10H2,1-2H3/t17-/m1/s1. The molecular weight excluding hydrogens is 294 g/mol. The highest BCUT2D eigenvalue weighted by Crippen LogP contribution is 2.17. The van der Waals surface area contributed by atoms with Crippen molar-refractivity contribution in [3.8, 4) is 0 Å². The summed E-state index contributed by atoms with van der Waals surface area (Å²) in [7, 11) is 0. The molecule has 0 spiro atoms. The van der Waals surface area contributed by atoms with Crippen molar-refractivity contribution in [2.45, 2.75) is 71.3 Å². The summed E-state index contributed by atoms with van der Waals surface area (Å²) >= 11 is 0. The molecule has 23 heavy (non-hydrogen) atoms. The first kappa shape index (κ1) is 19.1. The van der Waals surface area contributed by atoms with Gasteiger partial charge in [-0.15, -0.1) is 0 Å². The van der Waals surface area contributed by atoms with Crippen LogP contribution in [0.15, 0.2) is 24.3 Å². The van der Waals surface area contributed by atoms with Crippen molar-refractivity contribution in [3.63, 3.8) is 0 Å². The van der Waals surface area contributed by atoms with Crippen molar-refractivity contribution in [2.75, 3.05) is 0 Å². The van der Waals surface area contributed by atoms with E-state index in [2.05, 4.69) is 13.8 Å². The van der Waals surface area contributed by atoms with E-state index in [4.69, 9.17) is 4.74 Å². The van der Waals surface area contributed by atoms with Gasteiger partial charge in [0.25, 0.3) is 5.69 Å². The molecule has 0 bridgehead atoms. The summed E-state index contributed by atoms with van der Waals surface area (Å²) < 4.78 is 5.58. The monoisotopic (exact) mass is 321 g/mol. The third kappa shape index (κ3) is 7.26. The van der Waals surface area contributed by atoms with Gasteiger partial charge in [0.15, 0.2) is 0 Å². The van der Waals surface area contributed by atoms with Gasteiger partial charge in [0.05, 0.1) is 10.5 Å². The van der Waals surface area contributed by atoms with Gasteiger partial charge in [0.2, 0.25) is 0 Å². The zero-order valence-corrected chi connectivity index (χ0v) is 14.1. The molecule has 0 saturated heterocycles. The zero-order chi connectivity index (χ0) is 17.1. The molecule has 5 heteroatoms. The lowest BCUT2D eigenvalue weighted by Crippen LogP contribution is -2.18. The molecule has 0 aliphatic rings. The van der Waals surface area contributed by atoms with Gasteiger partial charge in [-0.1, -0.05) is 46.0 Å². The number of esters is 1. The van der Waals surface area contributed by atoms with Crippen LogP contribution in [0.1, 0.15) is 75.6 Å². The second-order valence-corrected chi connectivity index (χ2v) is 5.82. The number of hydrogen-bond acceptors (Lipinski definition) is 4. The van der Waals surface area contributed by atoms with E-state index in [-0.39, 0.29) is 11.8 Å². The van der Waals surface area contributed by atoms with Gasteiger partial charge in [-0.05, 0) is 31.4 Å². The molecular formula is C18H27NO4. The maximum atomic E-state index is 12.2. The van der Waals surface area contributed by atoms with E-state index >= 15 is 0 Å².